The molecular weight excluding hydrogens is 212 g/mol. The van der Waals surface area contributed by atoms with E-state index in [1.54, 1.807) is 0 Å². The molecule has 0 heterocycles. The molecule has 0 atom stereocenters. The summed E-state index contributed by atoms with van der Waals surface area (Å²) in [5, 5.41) is 17.1. The first-order valence-corrected chi connectivity index (χ1v) is 3.32. The maximum Gasteiger partial charge on any atom is 0.360 e. The van der Waals surface area contributed by atoms with Crippen molar-refractivity contribution in [2.24, 2.45) is 0 Å². The van der Waals surface area contributed by atoms with E-state index in [2.05, 4.69) is 4.74 Å². The van der Waals surface area contributed by atoms with Crippen molar-refractivity contribution in [1.29, 1.82) is 0 Å². The summed E-state index contributed by atoms with van der Waals surface area (Å²) in [4.78, 5) is 10.4. The van der Waals surface area contributed by atoms with Gasteiger partial charge in [-0.1, -0.05) is 0 Å². The minimum absolute atomic E-state index is 0.791. The molecule has 0 amide bonds. The molecule has 84 valence electrons. The van der Waals surface area contributed by atoms with E-state index in [1.807, 2.05) is 0 Å². The van der Waals surface area contributed by atoms with Gasteiger partial charge in [-0.15, -0.1) is 0 Å². The van der Waals surface area contributed by atoms with Gasteiger partial charge in [0.05, 0.1) is 7.11 Å². The highest BCUT2D eigenvalue weighted by Crippen LogP contribution is 2.35. The molecule has 0 radical (unpaired) electrons. The molecule has 0 aromatic carbocycles. The number of esters is 1. The van der Waals surface area contributed by atoms with Gasteiger partial charge in [-0.25, -0.2) is 8.78 Å². The number of halogens is 4. The van der Waals surface area contributed by atoms with E-state index >= 15 is 0 Å². The van der Waals surface area contributed by atoms with Crippen LogP contribution in [0.25, 0.3) is 0 Å². The van der Waals surface area contributed by atoms with Gasteiger partial charge in [0, 0.05) is 0 Å². The minimum Gasteiger partial charge on any atom is -0.469 e. The van der Waals surface area contributed by atoms with Crippen LogP contribution in [0.1, 0.15) is 6.42 Å². The Bertz CT molecular complexity index is 216. The lowest BCUT2D eigenvalue weighted by Gasteiger charge is -2.28. The zero-order valence-electron chi connectivity index (χ0n) is 7.01. The van der Waals surface area contributed by atoms with Crippen molar-refractivity contribution in [3.05, 3.63) is 0 Å². The Kier molecular flexibility index (Phi) is 3.83. The summed E-state index contributed by atoms with van der Waals surface area (Å²) in [6, 6.07) is 0. The van der Waals surface area contributed by atoms with E-state index in [4.69, 9.17) is 10.2 Å². The molecule has 8 heteroatoms. The van der Waals surface area contributed by atoms with Crippen LogP contribution in [0, 0.1) is 0 Å². The standard InChI is InChI=1S/C6H8F4O4/c1-14-3(11)2-5(12,13)6(9,10)4(7)8/h4,12-13H,2H2,1H3. The Hall–Kier alpha value is -0.890. The van der Waals surface area contributed by atoms with Gasteiger partial charge in [0.15, 0.2) is 0 Å². The molecule has 2 N–H and O–H groups in total. The quantitative estimate of drug-likeness (QED) is 0.401. The Labute approximate surface area is 76.1 Å². The number of alkyl halides is 4. The molecule has 0 rings (SSSR count). The first-order chi connectivity index (χ1) is 6.15. The number of carbonyl (C=O) groups is 1. The summed E-state index contributed by atoms with van der Waals surface area (Å²) < 4.78 is 51.8. The van der Waals surface area contributed by atoms with Crippen LogP contribution in [0.3, 0.4) is 0 Å². The Morgan fingerprint density at radius 2 is 1.86 bits per heavy atom. The van der Waals surface area contributed by atoms with Gasteiger partial charge >= 0.3 is 18.3 Å². The van der Waals surface area contributed by atoms with Gasteiger partial charge in [0.1, 0.15) is 6.42 Å². The smallest absolute Gasteiger partial charge is 0.360 e. The summed E-state index contributed by atoms with van der Waals surface area (Å²) >= 11 is 0. The van der Waals surface area contributed by atoms with Crippen LogP contribution in [-0.4, -0.2) is 41.4 Å². The first kappa shape index (κ1) is 13.1. The van der Waals surface area contributed by atoms with E-state index in [9.17, 15) is 22.4 Å². The van der Waals surface area contributed by atoms with Crippen LogP contribution in [0.5, 0.6) is 0 Å². The minimum atomic E-state index is -5.10. The second-order valence-electron chi connectivity index (χ2n) is 2.49. The monoisotopic (exact) mass is 220 g/mol. The van der Waals surface area contributed by atoms with Gasteiger partial charge in [-0.3, -0.25) is 4.79 Å². The molecule has 0 spiro atoms. The summed E-state index contributed by atoms with van der Waals surface area (Å²) in [5.41, 5.74) is 0. The molecule has 0 aromatic rings. The van der Waals surface area contributed by atoms with Crippen LogP contribution in [0.4, 0.5) is 17.6 Å². The fraction of sp³-hybridized carbons (Fsp3) is 0.833. The van der Waals surface area contributed by atoms with Gasteiger partial charge in [-0.2, -0.15) is 8.78 Å². The van der Waals surface area contributed by atoms with Crippen LogP contribution >= 0.6 is 0 Å². The third-order valence-electron chi connectivity index (χ3n) is 1.43. The lowest BCUT2D eigenvalue weighted by molar-refractivity contribution is -0.330. The average Bonchev–Trinajstić information content (AvgIpc) is 2.02. The molecule has 0 saturated heterocycles. The number of rotatable bonds is 4. The summed E-state index contributed by atoms with van der Waals surface area (Å²) in [6.45, 7) is 0. The maximum atomic E-state index is 12.4. The van der Waals surface area contributed by atoms with Gasteiger partial charge in [0.25, 0.3) is 0 Å². The average molecular weight is 220 g/mol. The van der Waals surface area contributed by atoms with E-state index in [0.29, 0.717) is 0 Å². The molecule has 0 aromatic heterocycles. The van der Waals surface area contributed by atoms with Crippen molar-refractivity contribution in [3.63, 3.8) is 0 Å². The van der Waals surface area contributed by atoms with E-state index in [-0.39, 0.29) is 0 Å². The fourth-order valence-electron chi connectivity index (χ4n) is 0.566. The molecule has 14 heavy (non-hydrogen) atoms. The SMILES string of the molecule is COC(=O)CC(O)(O)C(F)(F)C(F)F. The molecule has 0 aliphatic heterocycles. The Morgan fingerprint density at radius 1 is 1.43 bits per heavy atom. The molecule has 0 bridgehead atoms. The highest BCUT2D eigenvalue weighted by Gasteiger charge is 2.60. The molecule has 0 aliphatic rings. The predicted octanol–water partition coefficient (Wildman–Crippen LogP) is 0.131. The zero-order chi connectivity index (χ0) is 11.6. The molecule has 0 aliphatic carbocycles. The number of ether oxygens (including phenoxy) is 1. The predicted molar refractivity (Wildman–Crippen MR) is 34.8 cm³/mol. The van der Waals surface area contributed by atoms with E-state index < -0.39 is 30.5 Å². The lowest BCUT2D eigenvalue weighted by Crippen LogP contribution is -2.54. The lowest BCUT2D eigenvalue weighted by atomic mass is 10.1. The second kappa shape index (κ2) is 4.09. The summed E-state index contributed by atoms with van der Waals surface area (Å²) in [5.74, 6) is -10.6. The van der Waals surface area contributed by atoms with Gasteiger partial charge in [-0.05, 0) is 0 Å². The number of aliphatic hydroxyl groups is 2. The number of methoxy groups -OCH3 is 1. The first-order valence-electron chi connectivity index (χ1n) is 3.32. The highest BCUT2D eigenvalue weighted by atomic mass is 19.3. The molecule has 0 unspecified atom stereocenters. The molecule has 0 saturated carbocycles. The van der Waals surface area contributed by atoms with Gasteiger partial charge in [0.2, 0.25) is 5.79 Å². The molecule has 0 fully saturated rings. The van der Waals surface area contributed by atoms with Crippen molar-refractivity contribution in [1.82, 2.24) is 0 Å². The highest BCUT2D eigenvalue weighted by molar-refractivity contribution is 5.70. The van der Waals surface area contributed by atoms with Crippen molar-refractivity contribution in [2.45, 2.75) is 24.6 Å². The number of hydrogen-bond donors (Lipinski definition) is 2. The topological polar surface area (TPSA) is 66.8 Å². The van der Waals surface area contributed by atoms with Crippen molar-refractivity contribution in [3.8, 4) is 0 Å². The fourth-order valence-corrected chi connectivity index (χ4v) is 0.566. The van der Waals surface area contributed by atoms with E-state index in [1.165, 1.54) is 0 Å². The third-order valence-corrected chi connectivity index (χ3v) is 1.43. The van der Waals surface area contributed by atoms with E-state index in [0.717, 1.165) is 7.11 Å². The maximum absolute atomic E-state index is 12.4. The Morgan fingerprint density at radius 3 is 2.14 bits per heavy atom. The van der Waals surface area contributed by atoms with Crippen molar-refractivity contribution < 1.29 is 37.3 Å². The Balaban J connectivity index is 4.68. The summed E-state index contributed by atoms with van der Waals surface area (Å²) in [6.07, 6.45) is -5.93. The second-order valence-corrected chi connectivity index (χ2v) is 2.49. The van der Waals surface area contributed by atoms with Crippen LogP contribution < -0.4 is 0 Å². The molecule has 4 nitrogen and oxygen atoms in total. The van der Waals surface area contributed by atoms with Crippen LogP contribution in [0.15, 0.2) is 0 Å². The largest absolute Gasteiger partial charge is 0.469 e. The third kappa shape index (κ3) is 2.55. The number of hydrogen-bond acceptors (Lipinski definition) is 4. The normalized spacial score (nSPS) is 13.1. The van der Waals surface area contributed by atoms with Crippen molar-refractivity contribution in [2.75, 3.05) is 7.11 Å². The van der Waals surface area contributed by atoms with Crippen molar-refractivity contribution >= 4 is 5.97 Å². The molecular formula is C6H8F4O4. The number of carbonyl (C=O) groups excluding carboxylic acids is 1. The van der Waals surface area contributed by atoms with Gasteiger partial charge < -0.3 is 14.9 Å². The van der Waals surface area contributed by atoms with Crippen LogP contribution in [-0.2, 0) is 9.53 Å². The van der Waals surface area contributed by atoms with Crippen LogP contribution in [0.2, 0.25) is 0 Å². The summed E-state index contributed by atoms with van der Waals surface area (Å²) in [7, 11) is 0.791. The zero-order valence-corrected chi connectivity index (χ0v) is 7.01.